The van der Waals surface area contributed by atoms with Crippen molar-refractivity contribution in [3.05, 3.63) is 249 Å². The molecule has 0 N–H and O–H groups in total. The number of para-hydroxylation sites is 1. The third-order valence-electron chi connectivity index (χ3n) is 12.7. The molecule has 0 aliphatic carbocycles. The summed E-state index contributed by atoms with van der Waals surface area (Å²) in [5.74, 6) is 0.871. The summed E-state index contributed by atoms with van der Waals surface area (Å²) in [6.07, 6.45) is 0. The first-order valence-corrected chi connectivity index (χ1v) is 21.9. The predicted octanol–water partition coefficient (Wildman–Crippen LogP) is 17.7. The average Bonchev–Trinajstić information content (AvgIpc) is 3.82. The Balaban J connectivity index is 0.898. The van der Waals surface area contributed by atoms with Crippen LogP contribution in [0.15, 0.2) is 253 Å². The molecule has 0 radical (unpaired) electrons. The fourth-order valence-electron chi connectivity index (χ4n) is 9.43. The molecule has 0 bridgehead atoms. The van der Waals surface area contributed by atoms with Gasteiger partial charge in [-0.3, -0.25) is 0 Å². The summed E-state index contributed by atoms with van der Waals surface area (Å²) in [6, 6.07) is 89.6. The molecule has 1 heterocycles. The average molecular weight is 816 g/mol. The fraction of sp³-hybridized carbons (Fsp3) is 0. The zero-order chi connectivity index (χ0) is 42.4. The number of anilines is 3. The number of furan rings is 1. The van der Waals surface area contributed by atoms with Gasteiger partial charge in [0.05, 0.1) is 0 Å². The molecule has 0 spiro atoms. The Morgan fingerprint density at radius 2 is 0.719 bits per heavy atom. The van der Waals surface area contributed by atoms with Crippen molar-refractivity contribution in [3.63, 3.8) is 0 Å². The summed E-state index contributed by atoms with van der Waals surface area (Å²) in [5, 5.41) is 8.67. The van der Waals surface area contributed by atoms with E-state index in [1.165, 1.54) is 65.7 Å². The Morgan fingerprint density at radius 3 is 1.41 bits per heavy atom. The zero-order valence-corrected chi connectivity index (χ0v) is 35.0. The summed E-state index contributed by atoms with van der Waals surface area (Å²) < 4.78 is 6.24. The standard InChI is InChI=1S/C62H41NO/c1-4-17-55-45(11-1)14-10-21-56(55)46-25-23-42(24-26-46)43-27-33-52(34-28-43)63(54-37-31-47(32-38-54)60-40-49-12-2-5-18-57(49)58-19-6-7-20-59(58)60)53-35-29-44(30-36-53)48-15-9-16-50(39-48)62-41-51-13-3-8-22-61(51)64-62/h1-41H. The van der Waals surface area contributed by atoms with Crippen LogP contribution in [0.25, 0.3) is 99.1 Å². The molecular weight excluding hydrogens is 775 g/mol. The molecule has 12 rings (SSSR count). The molecular formula is C62H41NO. The fourth-order valence-corrected chi connectivity index (χ4v) is 9.43. The third kappa shape index (κ3) is 6.79. The predicted molar refractivity (Wildman–Crippen MR) is 271 cm³/mol. The quantitative estimate of drug-likeness (QED) is 0.142. The lowest BCUT2D eigenvalue weighted by molar-refractivity contribution is 0.631. The molecule has 0 aliphatic heterocycles. The van der Waals surface area contributed by atoms with Crippen LogP contribution in [-0.4, -0.2) is 0 Å². The Kier molecular flexibility index (Phi) is 9.20. The van der Waals surface area contributed by atoms with Gasteiger partial charge in [-0.2, -0.15) is 0 Å². The van der Waals surface area contributed by atoms with E-state index >= 15 is 0 Å². The van der Waals surface area contributed by atoms with Crippen LogP contribution in [0.2, 0.25) is 0 Å². The summed E-state index contributed by atoms with van der Waals surface area (Å²) in [4.78, 5) is 2.35. The topological polar surface area (TPSA) is 16.4 Å². The van der Waals surface area contributed by atoms with Crippen molar-refractivity contribution >= 4 is 60.3 Å². The van der Waals surface area contributed by atoms with Crippen LogP contribution >= 0.6 is 0 Å². The molecule has 12 aromatic rings. The molecule has 11 aromatic carbocycles. The first kappa shape index (κ1) is 37.3. The second kappa shape index (κ2) is 15.8. The number of nitrogens with zero attached hydrogens (tertiary/aromatic N) is 1. The van der Waals surface area contributed by atoms with E-state index < -0.39 is 0 Å². The maximum Gasteiger partial charge on any atom is 0.135 e. The highest BCUT2D eigenvalue weighted by Crippen LogP contribution is 2.41. The SMILES string of the molecule is c1cc(-c2ccc(N(c3ccc(-c4ccc(-c5cccc6ccccc56)cc4)cc3)c3ccc(-c4cc5ccccc5c5ccccc45)cc3)cc2)cc(-c2cc3ccccc3o2)c1. The lowest BCUT2D eigenvalue weighted by Gasteiger charge is -2.26. The number of rotatable bonds is 8. The molecule has 300 valence electrons. The van der Waals surface area contributed by atoms with Crippen LogP contribution in [0, 0.1) is 0 Å². The van der Waals surface area contributed by atoms with Gasteiger partial charge in [-0.25, -0.2) is 0 Å². The van der Waals surface area contributed by atoms with E-state index in [4.69, 9.17) is 4.42 Å². The minimum absolute atomic E-state index is 0.871. The van der Waals surface area contributed by atoms with Gasteiger partial charge in [0.25, 0.3) is 0 Å². The van der Waals surface area contributed by atoms with Gasteiger partial charge in [0.2, 0.25) is 0 Å². The summed E-state index contributed by atoms with van der Waals surface area (Å²) in [6.45, 7) is 0. The van der Waals surface area contributed by atoms with Gasteiger partial charge >= 0.3 is 0 Å². The van der Waals surface area contributed by atoms with E-state index in [-0.39, 0.29) is 0 Å². The van der Waals surface area contributed by atoms with Gasteiger partial charge in [-0.05, 0) is 137 Å². The third-order valence-corrected chi connectivity index (χ3v) is 12.7. The van der Waals surface area contributed by atoms with Gasteiger partial charge in [0.1, 0.15) is 11.3 Å². The molecule has 2 heteroatoms. The minimum atomic E-state index is 0.871. The molecule has 0 atom stereocenters. The lowest BCUT2D eigenvalue weighted by atomic mass is 9.93. The minimum Gasteiger partial charge on any atom is -0.456 e. The largest absolute Gasteiger partial charge is 0.456 e. The summed E-state index contributed by atoms with van der Waals surface area (Å²) in [7, 11) is 0. The van der Waals surface area contributed by atoms with Gasteiger partial charge in [0.15, 0.2) is 0 Å². The number of fused-ring (bicyclic) bond motifs is 5. The molecule has 0 fully saturated rings. The lowest BCUT2D eigenvalue weighted by Crippen LogP contribution is -2.09. The van der Waals surface area contributed by atoms with Crippen LogP contribution in [0.4, 0.5) is 17.1 Å². The van der Waals surface area contributed by atoms with Gasteiger partial charge < -0.3 is 9.32 Å². The van der Waals surface area contributed by atoms with Crippen molar-refractivity contribution in [1.82, 2.24) is 0 Å². The van der Waals surface area contributed by atoms with E-state index in [2.05, 4.69) is 235 Å². The molecule has 0 unspecified atom stereocenters. The highest BCUT2D eigenvalue weighted by Gasteiger charge is 2.16. The highest BCUT2D eigenvalue weighted by atomic mass is 16.3. The molecule has 0 saturated carbocycles. The Morgan fingerprint density at radius 1 is 0.250 bits per heavy atom. The molecule has 0 aliphatic rings. The second-order valence-electron chi connectivity index (χ2n) is 16.5. The van der Waals surface area contributed by atoms with E-state index in [1.54, 1.807) is 0 Å². The van der Waals surface area contributed by atoms with Crippen molar-refractivity contribution in [3.8, 4) is 55.8 Å². The Hall–Kier alpha value is -8.46. The first-order chi connectivity index (χ1) is 31.7. The van der Waals surface area contributed by atoms with Crippen LogP contribution in [-0.2, 0) is 0 Å². The van der Waals surface area contributed by atoms with Crippen molar-refractivity contribution in [2.75, 3.05) is 4.90 Å². The van der Waals surface area contributed by atoms with E-state index in [0.29, 0.717) is 0 Å². The van der Waals surface area contributed by atoms with Crippen LogP contribution in [0.3, 0.4) is 0 Å². The van der Waals surface area contributed by atoms with Gasteiger partial charge in [-0.1, -0.05) is 188 Å². The maximum absolute atomic E-state index is 6.24. The molecule has 2 nitrogen and oxygen atoms in total. The summed E-state index contributed by atoms with van der Waals surface area (Å²) in [5.41, 5.74) is 14.7. The zero-order valence-electron chi connectivity index (χ0n) is 35.0. The number of hydrogen-bond acceptors (Lipinski definition) is 2. The van der Waals surface area contributed by atoms with Crippen LogP contribution < -0.4 is 4.90 Å². The first-order valence-electron chi connectivity index (χ1n) is 21.9. The smallest absolute Gasteiger partial charge is 0.135 e. The maximum atomic E-state index is 6.24. The molecule has 64 heavy (non-hydrogen) atoms. The van der Waals surface area contributed by atoms with Crippen LogP contribution in [0.1, 0.15) is 0 Å². The Bertz CT molecular complexity index is 3600. The van der Waals surface area contributed by atoms with Gasteiger partial charge in [0, 0.05) is 28.0 Å². The number of hydrogen-bond donors (Lipinski definition) is 0. The van der Waals surface area contributed by atoms with E-state index in [0.717, 1.165) is 50.5 Å². The molecule has 0 saturated heterocycles. The van der Waals surface area contributed by atoms with Crippen molar-refractivity contribution in [2.45, 2.75) is 0 Å². The van der Waals surface area contributed by atoms with E-state index in [9.17, 15) is 0 Å². The number of benzene rings is 11. The second-order valence-corrected chi connectivity index (χ2v) is 16.5. The molecule has 1 aromatic heterocycles. The van der Waals surface area contributed by atoms with Crippen molar-refractivity contribution in [1.29, 1.82) is 0 Å². The van der Waals surface area contributed by atoms with Crippen molar-refractivity contribution in [2.24, 2.45) is 0 Å². The van der Waals surface area contributed by atoms with Crippen LogP contribution in [0.5, 0.6) is 0 Å². The van der Waals surface area contributed by atoms with Gasteiger partial charge in [-0.15, -0.1) is 0 Å². The normalized spacial score (nSPS) is 11.4. The summed E-state index contributed by atoms with van der Waals surface area (Å²) >= 11 is 0. The monoisotopic (exact) mass is 815 g/mol. The molecule has 0 amide bonds. The van der Waals surface area contributed by atoms with Crippen molar-refractivity contribution < 1.29 is 4.42 Å². The van der Waals surface area contributed by atoms with E-state index in [1.807, 2.05) is 18.2 Å². The Labute approximate surface area is 372 Å². The highest BCUT2D eigenvalue weighted by molar-refractivity contribution is 6.13.